The number of esters is 1. The second kappa shape index (κ2) is 6.71. The van der Waals surface area contributed by atoms with Gasteiger partial charge in [-0.25, -0.2) is 18.0 Å². The van der Waals surface area contributed by atoms with Crippen molar-refractivity contribution < 1.29 is 27.9 Å². The quantitative estimate of drug-likeness (QED) is 0.847. The van der Waals surface area contributed by atoms with Crippen molar-refractivity contribution in [1.29, 1.82) is 0 Å². The average Bonchev–Trinajstić information content (AvgIpc) is 2.26. The average molecular weight is 323 g/mol. The van der Waals surface area contributed by atoms with Crippen molar-refractivity contribution in [2.75, 3.05) is 12.9 Å². The van der Waals surface area contributed by atoms with E-state index in [4.69, 9.17) is 9.84 Å². The highest BCUT2D eigenvalue weighted by Gasteiger charge is 2.25. The zero-order chi connectivity index (χ0) is 14.8. The standard InChI is InChI=1S/C12H14O6S.ClH/c1-4-18-12(15)10-7(2)8(11(13)14)5-6-9(10)19(3,16)17;/h5-6H,4H2,1-3H3,(H,13,14);1H. The lowest BCUT2D eigenvalue weighted by atomic mass is 10.0. The molecule has 0 saturated carbocycles. The Morgan fingerprint density at radius 3 is 2.25 bits per heavy atom. The minimum atomic E-state index is -3.66. The van der Waals surface area contributed by atoms with E-state index in [0.717, 1.165) is 18.4 Å². The minimum absolute atomic E-state index is 0. The first kappa shape index (κ1) is 18.4. The van der Waals surface area contributed by atoms with E-state index < -0.39 is 21.8 Å². The van der Waals surface area contributed by atoms with Crippen molar-refractivity contribution >= 4 is 34.2 Å². The van der Waals surface area contributed by atoms with Crippen molar-refractivity contribution in [2.24, 2.45) is 0 Å². The lowest BCUT2D eigenvalue weighted by Crippen LogP contribution is -2.16. The van der Waals surface area contributed by atoms with Crippen LogP contribution >= 0.6 is 12.4 Å². The third kappa shape index (κ3) is 3.71. The molecular weight excluding hydrogens is 308 g/mol. The highest BCUT2D eigenvalue weighted by Crippen LogP contribution is 2.24. The van der Waals surface area contributed by atoms with Crippen LogP contribution < -0.4 is 0 Å². The lowest BCUT2D eigenvalue weighted by molar-refractivity contribution is 0.0521. The van der Waals surface area contributed by atoms with Gasteiger partial charge in [-0.2, -0.15) is 0 Å². The summed E-state index contributed by atoms with van der Waals surface area (Å²) in [5.41, 5.74) is -0.270. The Bertz CT molecular complexity index is 636. The zero-order valence-electron chi connectivity index (χ0n) is 11.2. The number of sulfone groups is 1. The fourth-order valence-electron chi connectivity index (χ4n) is 1.68. The summed E-state index contributed by atoms with van der Waals surface area (Å²) in [6, 6.07) is 2.27. The van der Waals surface area contributed by atoms with Crippen molar-refractivity contribution in [3.05, 3.63) is 28.8 Å². The van der Waals surface area contributed by atoms with Crippen LogP contribution in [0.5, 0.6) is 0 Å². The summed E-state index contributed by atoms with van der Waals surface area (Å²) in [4.78, 5) is 22.6. The number of halogens is 1. The fraction of sp³-hybridized carbons (Fsp3) is 0.333. The molecule has 0 aliphatic carbocycles. The van der Waals surface area contributed by atoms with Crippen LogP contribution in [0.3, 0.4) is 0 Å². The Hall–Kier alpha value is -1.60. The second-order valence-corrected chi connectivity index (χ2v) is 5.89. The third-order valence-corrected chi connectivity index (χ3v) is 3.68. The molecule has 8 heteroatoms. The normalized spacial score (nSPS) is 10.6. The third-order valence-electron chi connectivity index (χ3n) is 2.54. The SMILES string of the molecule is CCOC(=O)c1c(S(C)(=O)=O)ccc(C(=O)O)c1C.Cl. The number of rotatable bonds is 4. The summed E-state index contributed by atoms with van der Waals surface area (Å²) < 4.78 is 28.1. The number of hydrogen-bond donors (Lipinski definition) is 1. The predicted molar refractivity (Wildman–Crippen MR) is 74.5 cm³/mol. The van der Waals surface area contributed by atoms with Crippen LogP contribution in [0.1, 0.15) is 33.2 Å². The van der Waals surface area contributed by atoms with Crippen LogP contribution in [0.25, 0.3) is 0 Å². The molecule has 1 aromatic rings. The Morgan fingerprint density at radius 2 is 1.85 bits per heavy atom. The van der Waals surface area contributed by atoms with Gasteiger partial charge in [-0.3, -0.25) is 0 Å². The highest BCUT2D eigenvalue weighted by atomic mass is 35.5. The van der Waals surface area contributed by atoms with Gasteiger partial charge in [-0.05, 0) is 31.5 Å². The van der Waals surface area contributed by atoms with Gasteiger partial charge >= 0.3 is 11.9 Å². The maximum Gasteiger partial charge on any atom is 0.339 e. The molecule has 112 valence electrons. The van der Waals surface area contributed by atoms with Gasteiger partial charge < -0.3 is 9.84 Å². The number of carbonyl (C=O) groups is 2. The van der Waals surface area contributed by atoms with Gasteiger partial charge in [0.2, 0.25) is 0 Å². The van der Waals surface area contributed by atoms with Gasteiger partial charge in [0.15, 0.2) is 9.84 Å². The van der Waals surface area contributed by atoms with E-state index >= 15 is 0 Å². The molecule has 0 spiro atoms. The molecule has 0 heterocycles. The molecule has 0 fully saturated rings. The number of aromatic carboxylic acids is 1. The second-order valence-electron chi connectivity index (χ2n) is 3.91. The number of hydrogen-bond acceptors (Lipinski definition) is 5. The van der Waals surface area contributed by atoms with E-state index in [1.54, 1.807) is 6.92 Å². The molecule has 1 N–H and O–H groups in total. The van der Waals surface area contributed by atoms with Crippen molar-refractivity contribution in [3.63, 3.8) is 0 Å². The molecule has 0 atom stereocenters. The maximum absolute atomic E-state index is 11.8. The number of benzene rings is 1. The first-order valence-corrected chi connectivity index (χ1v) is 7.33. The van der Waals surface area contributed by atoms with E-state index in [1.807, 2.05) is 0 Å². The summed E-state index contributed by atoms with van der Waals surface area (Å²) in [6.07, 6.45) is 0.949. The summed E-state index contributed by atoms with van der Waals surface area (Å²) in [7, 11) is -3.66. The van der Waals surface area contributed by atoms with Gasteiger partial charge in [0.25, 0.3) is 0 Å². The highest BCUT2D eigenvalue weighted by molar-refractivity contribution is 7.90. The van der Waals surface area contributed by atoms with Crippen LogP contribution in [0.4, 0.5) is 0 Å². The monoisotopic (exact) mass is 322 g/mol. The summed E-state index contributed by atoms with van der Waals surface area (Å²) >= 11 is 0. The summed E-state index contributed by atoms with van der Waals surface area (Å²) in [6.45, 7) is 3.03. The lowest BCUT2D eigenvalue weighted by Gasteiger charge is -2.12. The number of carbonyl (C=O) groups excluding carboxylic acids is 1. The van der Waals surface area contributed by atoms with Crippen molar-refractivity contribution in [2.45, 2.75) is 18.7 Å². The van der Waals surface area contributed by atoms with Gasteiger partial charge in [0.05, 0.1) is 22.6 Å². The number of carboxylic acids is 1. The maximum atomic E-state index is 11.8. The van der Waals surface area contributed by atoms with E-state index in [2.05, 4.69) is 0 Å². The van der Waals surface area contributed by atoms with E-state index in [1.165, 1.54) is 6.92 Å². The molecule has 6 nitrogen and oxygen atoms in total. The molecule has 20 heavy (non-hydrogen) atoms. The van der Waals surface area contributed by atoms with Crippen LogP contribution in [0.2, 0.25) is 0 Å². The topological polar surface area (TPSA) is 97.7 Å². The number of carboxylic acid groups (broad SMARTS) is 1. The Labute approximate surface area is 123 Å². The van der Waals surface area contributed by atoms with Crippen LogP contribution in [-0.2, 0) is 14.6 Å². The largest absolute Gasteiger partial charge is 0.478 e. The fourth-order valence-corrected chi connectivity index (χ4v) is 2.61. The Balaban J connectivity index is 0.00000361. The van der Waals surface area contributed by atoms with E-state index in [0.29, 0.717) is 0 Å². The molecule has 0 unspecified atom stereocenters. The van der Waals surface area contributed by atoms with E-state index in [9.17, 15) is 18.0 Å². The first-order valence-electron chi connectivity index (χ1n) is 5.44. The van der Waals surface area contributed by atoms with Gasteiger partial charge in [-0.15, -0.1) is 12.4 Å². The zero-order valence-corrected chi connectivity index (χ0v) is 12.8. The molecule has 0 amide bonds. The van der Waals surface area contributed by atoms with E-state index in [-0.39, 0.29) is 40.6 Å². The minimum Gasteiger partial charge on any atom is -0.478 e. The smallest absolute Gasteiger partial charge is 0.339 e. The van der Waals surface area contributed by atoms with Gasteiger partial charge in [0.1, 0.15) is 0 Å². The van der Waals surface area contributed by atoms with Crippen LogP contribution in [0, 0.1) is 6.92 Å². The van der Waals surface area contributed by atoms with Crippen LogP contribution in [0.15, 0.2) is 17.0 Å². The first-order chi connectivity index (χ1) is 8.70. The molecule has 1 aromatic carbocycles. The van der Waals surface area contributed by atoms with Gasteiger partial charge in [0, 0.05) is 6.26 Å². The molecule has 0 bridgehead atoms. The Morgan fingerprint density at radius 1 is 1.30 bits per heavy atom. The molecule has 0 saturated heterocycles. The molecular formula is C12H15ClO6S. The molecule has 0 aliphatic heterocycles. The van der Waals surface area contributed by atoms with Crippen LogP contribution in [-0.4, -0.2) is 38.3 Å². The molecule has 0 radical (unpaired) electrons. The predicted octanol–water partition coefficient (Wildman–Crippen LogP) is 1.70. The molecule has 0 aliphatic rings. The van der Waals surface area contributed by atoms with Gasteiger partial charge in [-0.1, -0.05) is 0 Å². The summed E-state index contributed by atoms with van der Waals surface area (Å²) in [5, 5.41) is 8.99. The molecule has 1 rings (SSSR count). The van der Waals surface area contributed by atoms with Crippen molar-refractivity contribution in [3.8, 4) is 0 Å². The molecule has 0 aromatic heterocycles. The summed E-state index contributed by atoms with van der Waals surface area (Å²) in [5.74, 6) is -2.08. The van der Waals surface area contributed by atoms with Crippen molar-refractivity contribution in [1.82, 2.24) is 0 Å². The Kier molecular flexibility index (Phi) is 6.18. The number of ether oxygens (including phenoxy) is 1.